The van der Waals surface area contributed by atoms with Crippen molar-refractivity contribution in [3.05, 3.63) is 0 Å². The van der Waals surface area contributed by atoms with Crippen LogP contribution in [0.5, 0.6) is 0 Å². The molecule has 0 atom stereocenters. The van der Waals surface area contributed by atoms with Crippen molar-refractivity contribution in [2.75, 3.05) is 19.6 Å². The molecule has 24 heavy (non-hydrogen) atoms. The van der Waals surface area contributed by atoms with Gasteiger partial charge in [0.15, 0.2) is 0 Å². The number of carboxylic acid groups (broad SMARTS) is 4. The van der Waals surface area contributed by atoms with E-state index in [1.54, 1.807) is 0 Å². The van der Waals surface area contributed by atoms with E-state index >= 15 is 0 Å². The molecule has 0 unspecified atom stereocenters. The highest BCUT2D eigenvalue weighted by molar-refractivity contribution is 5.68. The summed E-state index contributed by atoms with van der Waals surface area (Å²) in [7, 11) is 0. The molecule has 0 aromatic rings. The maximum absolute atomic E-state index is 11.0. The van der Waals surface area contributed by atoms with E-state index in [1.165, 1.54) is 0 Å². The number of likely N-dealkylation sites (tertiary alicyclic amines) is 1. The number of quaternary nitrogens is 1. The summed E-state index contributed by atoms with van der Waals surface area (Å²) in [5, 5.41) is 35.9. The third-order valence-corrected chi connectivity index (χ3v) is 5.13. The van der Waals surface area contributed by atoms with Crippen LogP contribution in [0.1, 0.15) is 44.9 Å². The zero-order chi connectivity index (χ0) is 18.4. The van der Waals surface area contributed by atoms with Crippen LogP contribution in [0.4, 0.5) is 0 Å². The van der Waals surface area contributed by atoms with Gasteiger partial charge in [-0.25, -0.2) is 0 Å². The van der Waals surface area contributed by atoms with Crippen molar-refractivity contribution in [2.24, 2.45) is 0 Å². The molecule has 9 nitrogen and oxygen atoms in total. The molecule has 9 heteroatoms. The second-order valence-electron chi connectivity index (χ2n) is 6.37. The van der Waals surface area contributed by atoms with E-state index in [4.69, 9.17) is 20.4 Å². The Kier molecular flexibility index (Phi) is 6.70. The molecule has 0 aromatic carbocycles. The minimum absolute atomic E-state index is 0.153. The van der Waals surface area contributed by atoms with Crippen LogP contribution in [0.15, 0.2) is 0 Å². The van der Waals surface area contributed by atoms with Gasteiger partial charge in [0.25, 0.3) is 0 Å². The molecule has 1 fully saturated rings. The van der Waals surface area contributed by atoms with Crippen LogP contribution in [-0.4, -0.2) is 74.0 Å². The minimum Gasteiger partial charge on any atom is -0.481 e. The smallest absolute Gasteiger partial charge is 0.309 e. The summed E-state index contributed by atoms with van der Waals surface area (Å²) in [4.78, 5) is 43.8. The lowest BCUT2D eigenvalue weighted by molar-refractivity contribution is -1.02. The molecule has 1 saturated heterocycles. The van der Waals surface area contributed by atoms with Gasteiger partial charge in [0, 0.05) is 12.8 Å². The van der Waals surface area contributed by atoms with Gasteiger partial charge in [-0.05, 0) is 0 Å². The molecule has 1 heterocycles. The van der Waals surface area contributed by atoms with Gasteiger partial charge >= 0.3 is 23.9 Å². The lowest BCUT2D eigenvalue weighted by Gasteiger charge is -2.61. The Hall–Kier alpha value is -2.16. The normalized spacial score (nSPS) is 17.7. The van der Waals surface area contributed by atoms with E-state index in [1.807, 2.05) is 0 Å². The number of hydrogen-bond donors (Lipinski definition) is 4. The second-order valence-corrected chi connectivity index (χ2v) is 6.37. The maximum Gasteiger partial charge on any atom is 0.309 e. The molecule has 1 rings (SSSR count). The fourth-order valence-corrected chi connectivity index (χ4v) is 3.70. The van der Waals surface area contributed by atoms with Crippen LogP contribution in [-0.2, 0) is 19.2 Å². The zero-order valence-electron chi connectivity index (χ0n) is 13.4. The van der Waals surface area contributed by atoms with Crippen LogP contribution in [0, 0.1) is 0 Å². The number of carbonyl (C=O) groups is 4. The Labute approximate surface area is 139 Å². The minimum atomic E-state index is -1.01. The van der Waals surface area contributed by atoms with Gasteiger partial charge in [-0.1, -0.05) is 0 Å². The van der Waals surface area contributed by atoms with Crippen molar-refractivity contribution < 1.29 is 44.1 Å². The maximum atomic E-state index is 11.0. The topological polar surface area (TPSA) is 149 Å². The van der Waals surface area contributed by atoms with Gasteiger partial charge in [0.05, 0.1) is 51.7 Å². The Bertz CT molecular complexity index is 434. The molecule has 4 N–H and O–H groups in total. The Balaban J connectivity index is 3.03. The van der Waals surface area contributed by atoms with Gasteiger partial charge in [0.2, 0.25) is 0 Å². The van der Waals surface area contributed by atoms with E-state index in [2.05, 4.69) is 0 Å². The summed E-state index contributed by atoms with van der Waals surface area (Å²) in [6.45, 7) is 0.906. The first kappa shape index (κ1) is 19.9. The fourth-order valence-electron chi connectivity index (χ4n) is 3.70. The van der Waals surface area contributed by atoms with Crippen molar-refractivity contribution in [1.29, 1.82) is 0 Å². The zero-order valence-corrected chi connectivity index (χ0v) is 13.4. The molecule has 1 aliphatic heterocycles. The van der Waals surface area contributed by atoms with Gasteiger partial charge in [-0.15, -0.1) is 0 Å². The molecule has 1 aliphatic rings. The summed E-state index contributed by atoms with van der Waals surface area (Å²) >= 11 is 0. The summed E-state index contributed by atoms with van der Waals surface area (Å²) in [6.07, 6.45) is 0.374. The van der Waals surface area contributed by atoms with Crippen molar-refractivity contribution in [3.63, 3.8) is 0 Å². The molecular formula is C15H24NO8+. The van der Waals surface area contributed by atoms with Crippen molar-refractivity contribution >= 4 is 23.9 Å². The van der Waals surface area contributed by atoms with Crippen LogP contribution in [0.2, 0.25) is 0 Å². The lowest BCUT2D eigenvalue weighted by atomic mass is 9.73. The van der Waals surface area contributed by atoms with Crippen molar-refractivity contribution in [3.8, 4) is 0 Å². The molecule has 136 valence electrons. The molecule has 0 saturated carbocycles. The quantitative estimate of drug-likeness (QED) is 0.376. The van der Waals surface area contributed by atoms with Crippen LogP contribution in [0.3, 0.4) is 0 Å². The van der Waals surface area contributed by atoms with Crippen LogP contribution in [0.25, 0.3) is 0 Å². The Morgan fingerprint density at radius 3 is 1.33 bits per heavy atom. The highest BCUT2D eigenvalue weighted by Crippen LogP contribution is 2.46. The fraction of sp³-hybridized carbons (Fsp3) is 0.733. The standard InChI is InChI=1S/C15H23NO8/c17-11(18)1-5-15(6-2-12(19)20)7-10-16(15,8-3-13(21)22)9-4-14(23)24/h1-10H2,(H3-,17,18,19,20,21,22,23,24)/p+1. The SMILES string of the molecule is O=C(O)CCC1(CCC(=O)O)CC[N+]1(CCC(=O)O)CCC(=O)O. The number of rotatable bonds is 12. The van der Waals surface area contributed by atoms with E-state index in [0.717, 1.165) is 0 Å². The molecule has 0 bridgehead atoms. The molecule has 0 radical (unpaired) electrons. The molecule has 0 spiro atoms. The van der Waals surface area contributed by atoms with E-state index < -0.39 is 29.4 Å². The highest BCUT2D eigenvalue weighted by Gasteiger charge is 2.58. The third-order valence-electron chi connectivity index (χ3n) is 5.13. The molecule has 0 aromatic heterocycles. The molecule has 0 amide bonds. The average Bonchev–Trinajstić information content (AvgIpc) is 2.45. The van der Waals surface area contributed by atoms with Gasteiger partial charge in [0.1, 0.15) is 5.54 Å². The highest BCUT2D eigenvalue weighted by atomic mass is 16.4. The first-order valence-corrected chi connectivity index (χ1v) is 7.86. The molecular weight excluding hydrogens is 322 g/mol. The largest absolute Gasteiger partial charge is 0.481 e. The lowest BCUT2D eigenvalue weighted by Crippen LogP contribution is -2.74. The summed E-state index contributed by atoms with van der Waals surface area (Å²) in [6, 6.07) is 0. The Morgan fingerprint density at radius 2 is 1.08 bits per heavy atom. The number of aliphatic carboxylic acids is 4. The number of carboxylic acids is 4. The summed E-state index contributed by atoms with van der Waals surface area (Å²) in [5.41, 5.74) is -0.679. The monoisotopic (exact) mass is 346 g/mol. The van der Waals surface area contributed by atoms with E-state index in [9.17, 15) is 19.2 Å². The first-order valence-electron chi connectivity index (χ1n) is 7.86. The predicted molar refractivity (Wildman–Crippen MR) is 80.5 cm³/mol. The van der Waals surface area contributed by atoms with E-state index in [0.29, 0.717) is 13.0 Å². The van der Waals surface area contributed by atoms with Crippen LogP contribution >= 0.6 is 0 Å². The van der Waals surface area contributed by atoms with Gasteiger partial charge in [-0.2, -0.15) is 0 Å². The van der Waals surface area contributed by atoms with Gasteiger partial charge in [-0.3, -0.25) is 19.2 Å². The third kappa shape index (κ3) is 4.92. The number of nitrogens with zero attached hydrogens (tertiary/aromatic N) is 1. The van der Waals surface area contributed by atoms with Crippen molar-refractivity contribution in [1.82, 2.24) is 0 Å². The second kappa shape index (κ2) is 8.09. The Morgan fingerprint density at radius 1 is 0.708 bits per heavy atom. The summed E-state index contributed by atoms with van der Waals surface area (Å²) in [5.74, 6) is -4.04. The predicted octanol–water partition coefficient (Wildman–Crippen LogP) is 0.625. The molecule has 0 aliphatic carbocycles. The van der Waals surface area contributed by atoms with Gasteiger partial charge < -0.3 is 24.9 Å². The van der Waals surface area contributed by atoms with Crippen LogP contribution < -0.4 is 0 Å². The number of hydrogen-bond acceptors (Lipinski definition) is 4. The van der Waals surface area contributed by atoms with Crippen molar-refractivity contribution in [2.45, 2.75) is 50.5 Å². The first-order chi connectivity index (χ1) is 11.1. The van der Waals surface area contributed by atoms with E-state index in [-0.39, 0.29) is 56.1 Å². The summed E-state index contributed by atoms with van der Waals surface area (Å²) < 4.78 is 0.173. The average molecular weight is 346 g/mol.